The lowest BCUT2D eigenvalue weighted by Crippen LogP contribution is -2.30. The van der Waals surface area contributed by atoms with E-state index in [0.29, 0.717) is 25.3 Å². The minimum absolute atomic E-state index is 0.0640. The van der Waals surface area contributed by atoms with Gasteiger partial charge in [0.15, 0.2) is 12.7 Å². The number of hydrogen-bond donors (Lipinski definition) is 1. The van der Waals surface area contributed by atoms with Crippen LogP contribution in [0.5, 0.6) is 11.5 Å². The summed E-state index contributed by atoms with van der Waals surface area (Å²) in [4.78, 5) is 23.6. The Hall–Kier alpha value is -3.06. The Bertz CT molecular complexity index is 788. The lowest BCUT2D eigenvalue weighted by Gasteiger charge is -2.13. The molecule has 1 atom stereocenters. The van der Waals surface area contributed by atoms with Gasteiger partial charge in [0.25, 0.3) is 5.91 Å². The molecular weight excluding hydrogens is 386 g/mol. The van der Waals surface area contributed by atoms with Crippen LogP contribution in [0.3, 0.4) is 0 Å². The Morgan fingerprint density at radius 2 is 1.50 bits per heavy atom. The van der Waals surface area contributed by atoms with E-state index in [1.54, 1.807) is 12.1 Å². The molecule has 0 aliphatic carbocycles. The minimum atomic E-state index is -0.650. The fourth-order valence-corrected chi connectivity index (χ4v) is 2.80. The zero-order valence-corrected chi connectivity index (χ0v) is 17.7. The van der Waals surface area contributed by atoms with E-state index in [1.807, 2.05) is 43.3 Å². The molecule has 2 aromatic rings. The fourth-order valence-electron chi connectivity index (χ4n) is 2.80. The molecule has 0 saturated heterocycles. The maximum atomic E-state index is 12.0. The van der Waals surface area contributed by atoms with Crippen molar-refractivity contribution >= 4 is 11.9 Å². The molecule has 0 aliphatic rings. The monoisotopic (exact) mass is 415 g/mol. The molecule has 0 unspecified atom stereocenters. The number of esters is 1. The van der Waals surface area contributed by atoms with Crippen molar-refractivity contribution in [1.29, 1.82) is 0 Å². The van der Waals surface area contributed by atoms with E-state index in [9.17, 15) is 9.59 Å². The van der Waals surface area contributed by atoms with Gasteiger partial charge >= 0.3 is 5.97 Å². The summed E-state index contributed by atoms with van der Waals surface area (Å²) < 4.78 is 20.8. The van der Waals surface area contributed by atoms with Crippen molar-refractivity contribution in [2.75, 3.05) is 34.0 Å². The lowest BCUT2D eigenvalue weighted by atomic mass is 10.1. The Kier molecular flexibility index (Phi) is 9.67. The molecule has 0 aliphatic heterocycles. The number of rotatable bonds is 12. The average Bonchev–Trinajstić information content (AvgIpc) is 2.77. The Labute approximate surface area is 177 Å². The Balaban J connectivity index is 1.70. The summed E-state index contributed by atoms with van der Waals surface area (Å²) in [6, 6.07) is 15.0. The quantitative estimate of drug-likeness (QED) is 0.537. The van der Waals surface area contributed by atoms with Crippen molar-refractivity contribution in [3.8, 4) is 11.5 Å². The molecule has 0 heterocycles. The largest absolute Gasteiger partial charge is 0.494 e. The van der Waals surface area contributed by atoms with E-state index in [1.165, 1.54) is 14.2 Å². The van der Waals surface area contributed by atoms with Crippen LogP contribution in [-0.4, -0.2) is 52.0 Å². The van der Waals surface area contributed by atoms with Gasteiger partial charge in [-0.3, -0.25) is 4.79 Å². The number of carbonyl (C=O) groups is 2. The molecule has 7 heteroatoms. The van der Waals surface area contributed by atoms with E-state index in [4.69, 9.17) is 18.9 Å². The van der Waals surface area contributed by atoms with Crippen LogP contribution in [0.4, 0.5) is 0 Å². The van der Waals surface area contributed by atoms with Crippen LogP contribution in [-0.2, 0) is 31.9 Å². The molecule has 0 radical (unpaired) electrons. The van der Waals surface area contributed by atoms with Crippen LogP contribution in [0.25, 0.3) is 0 Å². The number of carbonyl (C=O) groups excluding carboxylic acids is 2. The molecule has 1 N–H and O–H groups in total. The average molecular weight is 415 g/mol. The van der Waals surface area contributed by atoms with Crippen molar-refractivity contribution in [3.05, 3.63) is 59.7 Å². The highest BCUT2D eigenvalue weighted by Gasteiger charge is 2.18. The van der Waals surface area contributed by atoms with Crippen molar-refractivity contribution in [2.24, 2.45) is 0 Å². The second-order valence-corrected chi connectivity index (χ2v) is 6.56. The maximum Gasteiger partial charge on any atom is 0.335 e. The van der Waals surface area contributed by atoms with Crippen molar-refractivity contribution < 1.29 is 28.5 Å². The first-order valence-electron chi connectivity index (χ1n) is 9.86. The van der Waals surface area contributed by atoms with E-state index in [2.05, 4.69) is 5.32 Å². The smallest absolute Gasteiger partial charge is 0.335 e. The molecule has 0 spiro atoms. The van der Waals surface area contributed by atoms with Crippen molar-refractivity contribution in [1.82, 2.24) is 5.32 Å². The molecule has 0 bridgehead atoms. The maximum absolute atomic E-state index is 12.0. The third-order valence-corrected chi connectivity index (χ3v) is 4.43. The first kappa shape index (κ1) is 23.2. The summed E-state index contributed by atoms with van der Waals surface area (Å²) >= 11 is 0. The van der Waals surface area contributed by atoms with Gasteiger partial charge < -0.3 is 24.3 Å². The number of methoxy groups -OCH3 is 2. The molecule has 0 fully saturated rings. The molecule has 7 nitrogen and oxygen atoms in total. The van der Waals surface area contributed by atoms with Gasteiger partial charge in [-0.05, 0) is 48.7 Å². The molecule has 0 saturated carbocycles. The fraction of sp³-hybridized carbons (Fsp3) is 0.391. The van der Waals surface area contributed by atoms with Crippen LogP contribution < -0.4 is 14.8 Å². The summed E-state index contributed by atoms with van der Waals surface area (Å²) in [6.45, 7) is 3.05. The lowest BCUT2D eigenvalue weighted by molar-refractivity contribution is -0.152. The number of nitrogens with one attached hydrogen (secondary N) is 1. The van der Waals surface area contributed by atoms with Gasteiger partial charge in [0.05, 0.1) is 13.7 Å². The Morgan fingerprint density at radius 3 is 2.07 bits per heavy atom. The summed E-state index contributed by atoms with van der Waals surface area (Å²) in [6.07, 6.45) is 0.478. The van der Waals surface area contributed by atoms with Gasteiger partial charge in [0.2, 0.25) is 0 Å². The molecule has 0 aromatic heterocycles. The summed E-state index contributed by atoms with van der Waals surface area (Å²) in [5, 5.41) is 2.84. The van der Waals surface area contributed by atoms with Crippen LogP contribution in [0.15, 0.2) is 48.5 Å². The zero-order valence-electron chi connectivity index (χ0n) is 17.7. The van der Waals surface area contributed by atoms with Crippen molar-refractivity contribution in [2.45, 2.75) is 25.9 Å². The highest BCUT2D eigenvalue weighted by Crippen LogP contribution is 2.15. The topological polar surface area (TPSA) is 83.1 Å². The summed E-state index contributed by atoms with van der Waals surface area (Å²) in [5.41, 5.74) is 2.02. The zero-order chi connectivity index (χ0) is 21.8. The number of ether oxygens (including phenoxy) is 4. The van der Waals surface area contributed by atoms with Gasteiger partial charge in [0.1, 0.15) is 11.5 Å². The van der Waals surface area contributed by atoms with Crippen LogP contribution >= 0.6 is 0 Å². The highest BCUT2D eigenvalue weighted by molar-refractivity contribution is 5.77. The summed E-state index contributed by atoms with van der Waals surface area (Å²) in [7, 11) is 2.79. The predicted molar refractivity (Wildman–Crippen MR) is 113 cm³/mol. The highest BCUT2D eigenvalue weighted by atomic mass is 16.6. The molecular formula is C23H29NO6. The third-order valence-electron chi connectivity index (χ3n) is 4.43. The van der Waals surface area contributed by atoms with Gasteiger partial charge in [-0.15, -0.1) is 0 Å². The molecule has 162 valence electrons. The molecule has 2 aromatic carbocycles. The molecule has 2 rings (SSSR count). The van der Waals surface area contributed by atoms with Crippen LogP contribution in [0, 0.1) is 0 Å². The summed E-state index contributed by atoms with van der Waals surface area (Å²) in [5.74, 6) is 0.815. The third kappa shape index (κ3) is 7.75. The van der Waals surface area contributed by atoms with Gasteiger partial charge in [-0.1, -0.05) is 24.3 Å². The van der Waals surface area contributed by atoms with Crippen molar-refractivity contribution in [3.63, 3.8) is 0 Å². The first-order chi connectivity index (χ1) is 14.5. The van der Waals surface area contributed by atoms with E-state index in [-0.39, 0.29) is 12.5 Å². The first-order valence-corrected chi connectivity index (χ1v) is 9.86. The normalized spacial score (nSPS) is 11.4. The number of amides is 1. The second-order valence-electron chi connectivity index (χ2n) is 6.56. The molecule has 30 heavy (non-hydrogen) atoms. The van der Waals surface area contributed by atoms with E-state index >= 15 is 0 Å². The predicted octanol–water partition coefficient (Wildman–Crippen LogP) is 2.55. The second kappa shape index (κ2) is 12.5. The number of benzene rings is 2. The minimum Gasteiger partial charge on any atom is -0.494 e. The van der Waals surface area contributed by atoms with Crippen LogP contribution in [0.2, 0.25) is 0 Å². The van der Waals surface area contributed by atoms with Crippen LogP contribution in [0.1, 0.15) is 18.1 Å². The van der Waals surface area contributed by atoms with E-state index in [0.717, 1.165) is 23.3 Å². The molecule has 1 amide bonds. The SMILES string of the molecule is CCOc1ccc(CCNC(=O)COc2ccc(C[C@@H](OC)C(=O)OC)cc2)cc1. The van der Waals surface area contributed by atoms with E-state index < -0.39 is 12.1 Å². The van der Waals surface area contributed by atoms with Gasteiger partial charge in [0, 0.05) is 20.1 Å². The van der Waals surface area contributed by atoms with Gasteiger partial charge in [-0.2, -0.15) is 0 Å². The Morgan fingerprint density at radius 1 is 0.900 bits per heavy atom. The van der Waals surface area contributed by atoms with Gasteiger partial charge in [-0.25, -0.2) is 4.79 Å². The number of hydrogen-bond acceptors (Lipinski definition) is 6. The standard InChI is InChI=1S/C23H29NO6/c1-4-29-19-9-5-17(6-10-19)13-14-24-22(25)16-30-20-11-7-18(8-12-20)15-21(27-2)23(26)28-3/h5-12,21H,4,13-16H2,1-3H3,(H,24,25)/t21-/m1/s1.